The predicted molar refractivity (Wildman–Crippen MR) is 124 cm³/mol. The monoisotopic (exact) mass is 463 g/mol. The van der Waals surface area contributed by atoms with Crippen LogP contribution in [0.1, 0.15) is 36.8 Å². The van der Waals surface area contributed by atoms with E-state index in [0.29, 0.717) is 25.5 Å². The Kier molecular flexibility index (Phi) is 7.69. The minimum Gasteiger partial charge on any atom is -0.344 e. The van der Waals surface area contributed by atoms with Gasteiger partial charge in [-0.15, -0.1) is 0 Å². The highest BCUT2D eigenvalue weighted by atomic mass is 16.7. The third kappa shape index (κ3) is 6.29. The van der Waals surface area contributed by atoms with Crippen LogP contribution in [0.3, 0.4) is 0 Å². The molecule has 0 aromatic heterocycles. The van der Waals surface area contributed by atoms with Crippen molar-refractivity contribution < 1.29 is 24.0 Å². The van der Waals surface area contributed by atoms with Crippen molar-refractivity contribution in [1.29, 1.82) is 0 Å². The van der Waals surface area contributed by atoms with Crippen molar-refractivity contribution in [3.05, 3.63) is 71.8 Å². The largest absolute Gasteiger partial charge is 0.344 e. The molecule has 1 saturated heterocycles. The molecule has 1 aliphatic heterocycles. The summed E-state index contributed by atoms with van der Waals surface area (Å²) < 4.78 is 0. The summed E-state index contributed by atoms with van der Waals surface area (Å²) in [6, 6.07) is 16.8. The van der Waals surface area contributed by atoms with Crippen LogP contribution in [0.5, 0.6) is 0 Å². The number of nitrogens with one attached hydrogen (secondary N) is 2. The van der Waals surface area contributed by atoms with Crippen LogP contribution in [0.4, 0.5) is 0 Å². The second-order valence-corrected chi connectivity index (χ2v) is 8.86. The molecule has 4 rings (SSSR count). The number of hydrogen-bond acceptors (Lipinski definition) is 5. The van der Waals surface area contributed by atoms with Crippen LogP contribution in [0.25, 0.3) is 0 Å². The zero-order valence-corrected chi connectivity index (χ0v) is 18.9. The molecule has 3 amide bonds. The van der Waals surface area contributed by atoms with Crippen molar-refractivity contribution >= 4 is 23.5 Å². The minimum atomic E-state index is -1.08. The van der Waals surface area contributed by atoms with Crippen LogP contribution in [0.2, 0.25) is 0 Å². The molecular weight excluding hydrogens is 434 g/mol. The fourth-order valence-electron chi connectivity index (χ4n) is 4.03. The van der Waals surface area contributed by atoms with E-state index in [4.69, 9.17) is 4.84 Å². The molecule has 0 spiro atoms. The molecule has 1 heterocycles. The number of rotatable bonds is 11. The predicted octanol–water partition coefficient (Wildman–Crippen LogP) is 1.93. The molecule has 1 aliphatic carbocycles. The molecule has 2 aromatic carbocycles. The number of carbonyl (C=O) groups excluding carboxylic acids is 4. The molecule has 8 heteroatoms. The summed E-state index contributed by atoms with van der Waals surface area (Å²) >= 11 is 0. The zero-order valence-electron chi connectivity index (χ0n) is 18.9. The van der Waals surface area contributed by atoms with Crippen LogP contribution in [-0.2, 0) is 37.0 Å². The third-order valence-corrected chi connectivity index (χ3v) is 6.15. The molecule has 0 bridgehead atoms. The topological polar surface area (TPSA) is 105 Å². The Morgan fingerprint density at radius 1 is 0.941 bits per heavy atom. The van der Waals surface area contributed by atoms with Crippen molar-refractivity contribution in [3.63, 3.8) is 0 Å². The Hall–Kier alpha value is -3.52. The van der Waals surface area contributed by atoms with Gasteiger partial charge in [0.15, 0.2) is 0 Å². The lowest BCUT2D eigenvalue weighted by atomic mass is 10.0. The Bertz CT molecular complexity index is 1020. The van der Waals surface area contributed by atoms with E-state index in [1.54, 1.807) is 0 Å². The first-order chi connectivity index (χ1) is 16.5. The van der Waals surface area contributed by atoms with Crippen molar-refractivity contribution in [2.75, 3.05) is 6.61 Å². The third-order valence-electron chi connectivity index (χ3n) is 6.15. The molecule has 2 N–H and O–H groups in total. The van der Waals surface area contributed by atoms with Crippen molar-refractivity contribution in [1.82, 2.24) is 15.7 Å². The number of benzene rings is 2. The van der Waals surface area contributed by atoms with Gasteiger partial charge in [0.25, 0.3) is 0 Å². The van der Waals surface area contributed by atoms with E-state index in [-0.39, 0.29) is 18.7 Å². The second kappa shape index (κ2) is 11.1. The Labute approximate surface area is 198 Å². The van der Waals surface area contributed by atoms with Crippen LogP contribution in [0, 0.1) is 5.92 Å². The molecule has 2 atom stereocenters. The zero-order chi connectivity index (χ0) is 23.9. The number of amides is 3. The van der Waals surface area contributed by atoms with Crippen LogP contribution in [-0.4, -0.2) is 47.1 Å². The maximum Gasteiger partial charge on any atom is 0.313 e. The standard InChI is InChI=1S/C26H29N3O5/c30-23-14-13-22(29(23)16-19-9-5-2-6-10-19)25(32)27-21(15-18-7-3-1-4-8-18)24(31)26(33)28-34-17-20-11-12-20/h1-10,20-22H,11-17H2,(H,27,32)(H,28,33)/t21?,22-/m1/s1. The first kappa shape index (κ1) is 23.6. The van der Waals surface area contributed by atoms with Crippen LogP contribution < -0.4 is 10.8 Å². The number of likely N-dealkylation sites (tertiary alicyclic amines) is 1. The lowest BCUT2D eigenvalue weighted by Crippen LogP contribution is -2.53. The lowest BCUT2D eigenvalue weighted by molar-refractivity contribution is -0.148. The summed E-state index contributed by atoms with van der Waals surface area (Å²) in [5.41, 5.74) is 3.93. The van der Waals surface area contributed by atoms with Gasteiger partial charge in [0.1, 0.15) is 12.1 Å². The quantitative estimate of drug-likeness (QED) is 0.391. The van der Waals surface area contributed by atoms with Gasteiger partial charge in [0, 0.05) is 19.4 Å². The minimum absolute atomic E-state index is 0.110. The van der Waals surface area contributed by atoms with Crippen LogP contribution >= 0.6 is 0 Å². The van der Waals surface area contributed by atoms with E-state index in [2.05, 4.69) is 10.8 Å². The van der Waals surface area contributed by atoms with E-state index in [9.17, 15) is 19.2 Å². The molecule has 0 radical (unpaired) electrons. The van der Waals surface area contributed by atoms with E-state index in [1.807, 2.05) is 60.7 Å². The average Bonchev–Trinajstić information content (AvgIpc) is 3.61. The van der Waals surface area contributed by atoms with Gasteiger partial charge in [-0.05, 0) is 36.3 Å². The molecule has 34 heavy (non-hydrogen) atoms. The Morgan fingerprint density at radius 2 is 1.59 bits per heavy atom. The maximum absolute atomic E-state index is 13.2. The van der Waals surface area contributed by atoms with E-state index in [0.717, 1.165) is 24.0 Å². The summed E-state index contributed by atoms with van der Waals surface area (Å²) in [6.45, 7) is 0.678. The molecule has 2 fully saturated rings. The first-order valence-corrected chi connectivity index (χ1v) is 11.6. The average molecular weight is 464 g/mol. The summed E-state index contributed by atoms with van der Waals surface area (Å²) in [5, 5.41) is 2.74. The smallest absolute Gasteiger partial charge is 0.313 e. The Morgan fingerprint density at radius 3 is 2.24 bits per heavy atom. The molecule has 1 unspecified atom stereocenters. The number of Topliss-reactive ketones (excluding diaryl/α,β-unsaturated/α-hetero) is 1. The number of carbonyl (C=O) groups is 4. The number of hydrogen-bond donors (Lipinski definition) is 2. The molecular formula is C26H29N3O5. The normalized spacial score (nSPS) is 18.4. The second-order valence-electron chi connectivity index (χ2n) is 8.86. The first-order valence-electron chi connectivity index (χ1n) is 11.6. The van der Waals surface area contributed by atoms with Crippen molar-refractivity contribution in [2.24, 2.45) is 5.92 Å². The maximum atomic E-state index is 13.2. The van der Waals surface area contributed by atoms with Gasteiger partial charge in [-0.2, -0.15) is 0 Å². The highest BCUT2D eigenvalue weighted by Gasteiger charge is 2.38. The number of hydroxylamine groups is 1. The molecule has 2 aliphatic rings. The summed E-state index contributed by atoms with van der Waals surface area (Å²) in [5.74, 6) is -1.81. The summed E-state index contributed by atoms with van der Waals surface area (Å²) in [6.07, 6.45) is 2.88. The van der Waals surface area contributed by atoms with Gasteiger partial charge in [-0.25, -0.2) is 5.48 Å². The van der Waals surface area contributed by atoms with Crippen LogP contribution in [0.15, 0.2) is 60.7 Å². The summed E-state index contributed by atoms with van der Waals surface area (Å²) in [4.78, 5) is 57.8. The molecule has 2 aromatic rings. The van der Waals surface area contributed by atoms with E-state index in [1.165, 1.54) is 4.90 Å². The van der Waals surface area contributed by atoms with Gasteiger partial charge < -0.3 is 10.2 Å². The fraction of sp³-hybridized carbons (Fsp3) is 0.385. The molecule has 178 valence electrons. The summed E-state index contributed by atoms with van der Waals surface area (Å²) in [7, 11) is 0. The van der Waals surface area contributed by atoms with Gasteiger partial charge in [-0.1, -0.05) is 60.7 Å². The SMILES string of the molecule is O=C(NOCC1CC1)C(=O)C(Cc1ccccc1)NC(=O)[C@H]1CCC(=O)N1Cc1ccccc1. The highest BCUT2D eigenvalue weighted by molar-refractivity contribution is 6.38. The lowest BCUT2D eigenvalue weighted by Gasteiger charge is -2.26. The van der Waals surface area contributed by atoms with Gasteiger partial charge >= 0.3 is 5.91 Å². The van der Waals surface area contributed by atoms with Gasteiger partial charge in [0.05, 0.1) is 6.61 Å². The Balaban J connectivity index is 1.44. The fourth-order valence-corrected chi connectivity index (χ4v) is 4.03. The van der Waals surface area contributed by atoms with Gasteiger partial charge in [-0.3, -0.25) is 24.0 Å². The molecule has 1 saturated carbocycles. The van der Waals surface area contributed by atoms with Crippen molar-refractivity contribution in [2.45, 2.75) is 50.7 Å². The van der Waals surface area contributed by atoms with E-state index < -0.39 is 29.7 Å². The van der Waals surface area contributed by atoms with Gasteiger partial charge in [0.2, 0.25) is 17.6 Å². The highest BCUT2D eigenvalue weighted by Crippen LogP contribution is 2.28. The number of nitrogens with zero attached hydrogens (tertiary/aromatic N) is 1. The van der Waals surface area contributed by atoms with E-state index >= 15 is 0 Å². The number of ketones is 1. The van der Waals surface area contributed by atoms with Crippen molar-refractivity contribution in [3.8, 4) is 0 Å². The molecule has 8 nitrogen and oxygen atoms in total.